The molecule has 1 saturated heterocycles. The number of nitrogens with zero attached hydrogens (tertiary/aromatic N) is 3. The van der Waals surface area contributed by atoms with Crippen molar-refractivity contribution in [2.45, 2.75) is 17.7 Å². The van der Waals surface area contributed by atoms with E-state index in [4.69, 9.17) is 16.3 Å². The Balaban J connectivity index is 1.59. The maximum absolute atomic E-state index is 12.5. The van der Waals surface area contributed by atoms with Crippen LogP contribution in [0.25, 0.3) is 0 Å². The number of aromatic nitrogens is 2. The Morgan fingerprint density at radius 3 is 3.04 bits per heavy atom. The molecule has 3 rings (SSSR count). The standard InChI is InChI=1S/C17H19ClN4O3S2/c1-10-3-4-12(8-13(10)18)22-9-11(7-14(22)23)15(24)19-16-20-21-17(27-16)26-6-5-25-2/h3-4,8,11H,5-7,9H2,1-2H3,(H,19,20,24). The molecule has 0 spiro atoms. The van der Waals surface area contributed by atoms with E-state index in [9.17, 15) is 9.59 Å². The zero-order chi connectivity index (χ0) is 19.4. The molecule has 1 aromatic heterocycles. The molecule has 2 heterocycles. The van der Waals surface area contributed by atoms with E-state index in [2.05, 4.69) is 15.5 Å². The van der Waals surface area contributed by atoms with E-state index in [0.717, 1.165) is 15.7 Å². The summed E-state index contributed by atoms with van der Waals surface area (Å²) in [6, 6.07) is 5.46. The predicted molar refractivity (Wildman–Crippen MR) is 108 cm³/mol. The van der Waals surface area contributed by atoms with Crippen LogP contribution >= 0.6 is 34.7 Å². The summed E-state index contributed by atoms with van der Waals surface area (Å²) in [5.74, 6) is 0.00690. The van der Waals surface area contributed by atoms with Gasteiger partial charge in [-0.15, -0.1) is 10.2 Å². The summed E-state index contributed by atoms with van der Waals surface area (Å²) in [6.07, 6.45) is 0.158. The van der Waals surface area contributed by atoms with Crippen LogP contribution in [0.5, 0.6) is 0 Å². The van der Waals surface area contributed by atoms with Gasteiger partial charge >= 0.3 is 0 Å². The number of hydrogen-bond donors (Lipinski definition) is 1. The van der Waals surface area contributed by atoms with Crippen molar-refractivity contribution in [1.82, 2.24) is 10.2 Å². The Morgan fingerprint density at radius 1 is 1.48 bits per heavy atom. The second-order valence-electron chi connectivity index (χ2n) is 6.04. The highest BCUT2D eigenvalue weighted by molar-refractivity contribution is 8.01. The molecule has 0 radical (unpaired) electrons. The Labute approximate surface area is 170 Å². The first kappa shape index (κ1) is 20.1. The third-order valence-electron chi connectivity index (χ3n) is 4.11. The molecule has 1 aliphatic rings. The van der Waals surface area contributed by atoms with Crippen LogP contribution in [-0.2, 0) is 14.3 Å². The maximum atomic E-state index is 12.5. The fourth-order valence-electron chi connectivity index (χ4n) is 2.62. The molecule has 2 aromatic rings. The summed E-state index contributed by atoms with van der Waals surface area (Å²) in [5, 5.41) is 11.8. The van der Waals surface area contributed by atoms with Gasteiger partial charge in [0.05, 0.1) is 12.5 Å². The maximum Gasteiger partial charge on any atom is 0.231 e. The van der Waals surface area contributed by atoms with Gasteiger partial charge in [0.25, 0.3) is 0 Å². The zero-order valence-corrected chi connectivity index (χ0v) is 17.3. The number of carbonyl (C=O) groups is 2. The minimum Gasteiger partial charge on any atom is -0.384 e. The number of methoxy groups -OCH3 is 1. The minimum atomic E-state index is -0.439. The van der Waals surface area contributed by atoms with Crippen LogP contribution in [0.15, 0.2) is 22.5 Å². The highest BCUT2D eigenvalue weighted by atomic mass is 35.5. The molecule has 10 heteroatoms. The van der Waals surface area contributed by atoms with E-state index in [1.807, 2.05) is 19.1 Å². The third kappa shape index (κ3) is 4.98. The van der Waals surface area contributed by atoms with E-state index in [1.165, 1.54) is 23.1 Å². The fraction of sp³-hybridized carbons (Fsp3) is 0.412. The lowest BCUT2D eigenvalue weighted by molar-refractivity contribution is -0.122. The monoisotopic (exact) mass is 426 g/mol. The van der Waals surface area contributed by atoms with E-state index in [0.29, 0.717) is 29.0 Å². The lowest BCUT2D eigenvalue weighted by Gasteiger charge is -2.17. The van der Waals surface area contributed by atoms with Crippen molar-refractivity contribution in [2.24, 2.45) is 5.92 Å². The van der Waals surface area contributed by atoms with E-state index in [1.54, 1.807) is 18.1 Å². The van der Waals surface area contributed by atoms with E-state index >= 15 is 0 Å². The topological polar surface area (TPSA) is 84.4 Å². The lowest BCUT2D eigenvalue weighted by atomic mass is 10.1. The van der Waals surface area contributed by atoms with Crippen molar-refractivity contribution in [3.63, 3.8) is 0 Å². The van der Waals surface area contributed by atoms with E-state index < -0.39 is 5.92 Å². The van der Waals surface area contributed by atoms with Crippen LogP contribution in [0, 0.1) is 12.8 Å². The Morgan fingerprint density at radius 2 is 2.30 bits per heavy atom. The molecule has 1 fully saturated rings. The number of amides is 2. The summed E-state index contributed by atoms with van der Waals surface area (Å²) in [5.41, 5.74) is 1.65. The van der Waals surface area contributed by atoms with Gasteiger partial charge in [-0.2, -0.15) is 0 Å². The molecule has 144 valence electrons. The van der Waals surface area contributed by atoms with Gasteiger partial charge in [-0.25, -0.2) is 0 Å². The van der Waals surface area contributed by atoms with Crippen LogP contribution in [0.2, 0.25) is 5.02 Å². The Kier molecular flexibility index (Phi) is 6.69. The number of ether oxygens (including phenoxy) is 1. The molecular formula is C17H19ClN4O3S2. The first-order chi connectivity index (χ1) is 13.0. The fourth-order valence-corrected chi connectivity index (χ4v) is 4.52. The predicted octanol–water partition coefficient (Wildman–Crippen LogP) is 3.23. The van der Waals surface area contributed by atoms with Crippen molar-refractivity contribution < 1.29 is 14.3 Å². The molecule has 7 nitrogen and oxygen atoms in total. The van der Waals surface area contributed by atoms with Gasteiger partial charge < -0.3 is 15.0 Å². The third-order valence-corrected chi connectivity index (χ3v) is 6.46. The molecule has 27 heavy (non-hydrogen) atoms. The van der Waals surface area contributed by atoms with Gasteiger partial charge in [0.2, 0.25) is 16.9 Å². The van der Waals surface area contributed by atoms with Crippen molar-refractivity contribution in [2.75, 3.05) is 36.2 Å². The number of benzene rings is 1. The smallest absolute Gasteiger partial charge is 0.231 e. The number of rotatable bonds is 7. The average molecular weight is 427 g/mol. The molecule has 1 aromatic carbocycles. The van der Waals surface area contributed by atoms with Gasteiger partial charge in [-0.1, -0.05) is 40.8 Å². The molecule has 1 atom stereocenters. The molecule has 2 amide bonds. The molecule has 1 N–H and O–H groups in total. The van der Waals surface area contributed by atoms with Crippen molar-refractivity contribution in [1.29, 1.82) is 0 Å². The summed E-state index contributed by atoms with van der Waals surface area (Å²) in [7, 11) is 1.64. The van der Waals surface area contributed by atoms with Gasteiger partial charge in [0.1, 0.15) is 0 Å². The average Bonchev–Trinajstić information content (AvgIpc) is 3.24. The molecule has 0 aliphatic carbocycles. The van der Waals surface area contributed by atoms with Gasteiger partial charge in [0.15, 0.2) is 4.34 Å². The number of aryl methyl sites for hydroxylation is 1. The van der Waals surface area contributed by atoms with Crippen LogP contribution in [0.1, 0.15) is 12.0 Å². The largest absolute Gasteiger partial charge is 0.384 e. The highest BCUT2D eigenvalue weighted by Crippen LogP contribution is 2.30. The summed E-state index contributed by atoms with van der Waals surface area (Å²) in [4.78, 5) is 26.5. The number of hydrogen-bond acceptors (Lipinski definition) is 7. The number of thioether (sulfide) groups is 1. The summed E-state index contributed by atoms with van der Waals surface area (Å²) < 4.78 is 5.76. The first-order valence-electron chi connectivity index (χ1n) is 8.30. The molecule has 1 aliphatic heterocycles. The van der Waals surface area contributed by atoms with Gasteiger partial charge in [-0.05, 0) is 24.6 Å². The molecular weight excluding hydrogens is 408 g/mol. The van der Waals surface area contributed by atoms with Crippen LogP contribution < -0.4 is 10.2 Å². The van der Waals surface area contributed by atoms with Gasteiger partial charge in [-0.3, -0.25) is 9.59 Å². The number of nitrogens with one attached hydrogen (secondary N) is 1. The van der Waals surface area contributed by atoms with Crippen LogP contribution in [-0.4, -0.2) is 48.0 Å². The summed E-state index contributed by atoms with van der Waals surface area (Å²) in [6.45, 7) is 2.84. The van der Waals surface area contributed by atoms with Crippen LogP contribution in [0.3, 0.4) is 0 Å². The SMILES string of the molecule is COCCSc1nnc(NC(=O)C2CC(=O)N(c3ccc(C)c(Cl)c3)C2)s1. The molecule has 0 bridgehead atoms. The molecule has 1 unspecified atom stereocenters. The minimum absolute atomic E-state index is 0.0943. The second kappa shape index (κ2) is 9.01. The Hall–Kier alpha value is -1.68. The van der Waals surface area contributed by atoms with Crippen molar-refractivity contribution in [3.8, 4) is 0 Å². The first-order valence-corrected chi connectivity index (χ1v) is 10.5. The second-order valence-corrected chi connectivity index (χ2v) is 8.77. The van der Waals surface area contributed by atoms with Crippen molar-refractivity contribution >= 4 is 57.3 Å². The number of carbonyl (C=O) groups excluding carboxylic acids is 2. The van der Waals surface area contributed by atoms with Gasteiger partial charge in [0, 0.05) is 36.5 Å². The number of anilines is 2. The Bertz CT molecular complexity index is 845. The zero-order valence-electron chi connectivity index (χ0n) is 14.9. The quantitative estimate of drug-likeness (QED) is 0.415. The van der Waals surface area contributed by atoms with Crippen LogP contribution in [0.4, 0.5) is 10.8 Å². The summed E-state index contributed by atoms with van der Waals surface area (Å²) >= 11 is 8.98. The molecule has 0 saturated carbocycles. The lowest BCUT2D eigenvalue weighted by Crippen LogP contribution is -2.28. The van der Waals surface area contributed by atoms with E-state index in [-0.39, 0.29) is 18.2 Å². The van der Waals surface area contributed by atoms with Crippen molar-refractivity contribution in [3.05, 3.63) is 28.8 Å². The highest BCUT2D eigenvalue weighted by Gasteiger charge is 2.35. The normalized spacial score (nSPS) is 16.8. The number of halogens is 1.